The monoisotopic (exact) mass is 304 g/mol. The van der Waals surface area contributed by atoms with Crippen LogP contribution in [0.15, 0.2) is 54.6 Å². The molecule has 0 saturated carbocycles. The standard InChI is InChI=1S/C18H13FN4/c1-23-17(14-7-3-2-4-8-14)21-22-18(23)15(12-20)10-13-6-5-9-16(19)11-13/h2-11H,1H3. The van der Waals surface area contributed by atoms with Gasteiger partial charge in [-0.25, -0.2) is 4.39 Å². The van der Waals surface area contributed by atoms with Crippen LogP contribution < -0.4 is 0 Å². The Morgan fingerprint density at radius 2 is 1.91 bits per heavy atom. The summed E-state index contributed by atoms with van der Waals surface area (Å²) < 4.78 is 15.0. The van der Waals surface area contributed by atoms with E-state index in [1.54, 1.807) is 29.8 Å². The average molecular weight is 304 g/mol. The molecule has 0 unspecified atom stereocenters. The Morgan fingerprint density at radius 3 is 2.61 bits per heavy atom. The largest absolute Gasteiger partial charge is 0.310 e. The number of benzene rings is 2. The lowest BCUT2D eigenvalue weighted by atomic mass is 10.1. The summed E-state index contributed by atoms with van der Waals surface area (Å²) in [7, 11) is 1.80. The van der Waals surface area contributed by atoms with E-state index in [2.05, 4.69) is 16.3 Å². The lowest BCUT2D eigenvalue weighted by Gasteiger charge is -2.03. The molecule has 0 aliphatic carbocycles. The van der Waals surface area contributed by atoms with Gasteiger partial charge in [0.25, 0.3) is 0 Å². The van der Waals surface area contributed by atoms with Crippen LogP contribution in [-0.4, -0.2) is 14.8 Å². The van der Waals surface area contributed by atoms with E-state index in [0.29, 0.717) is 22.8 Å². The van der Waals surface area contributed by atoms with E-state index in [0.717, 1.165) is 5.56 Å². The van der Waals surface area contributed by atoms with Crippen molar-refractivity contribution < 1.29 is 4.39 Å². The summed E-state index contributed by atoms with van der Waals surface area (Å²) in [6.07, 6.45) is 1.60. The van der Waals surface area contributed by atoms with Gasteiger partial charge >= 0.3 is 0 Å². The van der Waals surface area contributed by atoms with Crippen molar-refractivity contribution in [1.82, 2.24) is 14.8 Å². The van der Waals surface area contributed by atoms with Gasteiger partial charge in [-0.15, -0.1) is 10.2 Å². The highest BCUT2D eigenvalue weighted by atomic mass is 19.1. The van der Waals surface area contributed by atoms with Gasteiger partial charge in [-0.3, -0.25) is 0 Å². The zero-order chi connectivity index (χ0) is 16.2. The summed E-state index contributed by atoms with van der Waals surface area (Å²) in [5.41, 5.74) is 1.84. The third-order valence-corrected chi connectivity index (χ3v) is 3.43. The Balaban J connectivity index is 2.04. The molecule has 5 heteroatoms. The Labute approximate surface area is 133 Å². The van der Waals surface area contributed by atoms with Crippen molar-refractivity contribution >= 4 is 11.6 Å². The second-order valence-electron chi connectivity index (χ2n) is 5.00. The third-order valence-electron chi connectivity index (χ3n) is 3.43. The van der Waals surface area contributed by atoms with Gasteiger partial charge in [0.1, 0.15) is 11.9 Å². The second-order valence-corrected chi connectivity index (χ2v) is 5.00. The molecule has 112 valence electrons. The summed E-state index contributed by atoms with van der Waals surface area (Å²) in [5, 5.41) is 17.7. The number of hydrogen-bond acceptors (Lipinski definition) is 3. The van der Waals surface area contributed by atoms with E-state index in [4.69, 9.17) is 0 Å². The Morgan fingerprint density at radius 1 is 1.13 bits per heavy atom. The fourth-order valence-electron chi connectivity index (χ4n) is 2.31. The smallest absolute Gasteiger partial charge is 0.174 e. The van der Waals surface area contributed by atoms with E-state index in [-0.39, 0.29) is 5.82 Å². The maximum absolute atomic E-state index is 13.3. The maximum atomic E-state index is 13.3. The van der Waals surface area contributed by atoms with Crippen LogP contribution in [-0.2, 0) is 7.05 Å². The summed E-state index contributed by atoms with van der Waals surface area (Å²) in [4.78, 5) is 0. The van der Waals surface area contributed by atoms with Crippen molar-refractivity contribution in [3.8, 4) is 17.5 Å². The van der Waals surface area contributed by atoms with Crippen molar-refractivity contribution in [3.63, 3.8) is 0 Å². The highest BCUT2D eigenvalue weighted by Gasteiger charge is 2.14. The molecule has 1 heterocycles. The van der Waals surface area contributed by atoms with Crippen LogP contribution in [0.4, 0.5) is 4.39 Å². The van der Waals surface area contributed by atoms with Crippen LogP contribution in [0.5, 0.6) is 0 Å². The fourth-order valence-corrected chi connectivity index (χ4v) is 2.31. The summed E-state index contributed by atoms with van der Waals surface area (Å²) >= 11 is 0. The van der Waals surface area contributed by atoms with Gasteiger partial charge in [-0.1, -0.05) is 42.5 Å². The zero-order valence-electron chi connectivity index (χ0n) is 12.4. The van der Waals surface area contributed by atoms with E-state index in [1.807, 2.05) is 30.3 Å². The summed E-state index contributed by atoms with van der Waals surface area (Å²) in [5.74, 6) is 0.760. The zero-order valence-corrected chi connectivity index (χ0v) is 12.4. The first-order valence-electron chi connectivity index (χ1n) is 7.01. The summed E-state index contributed by atoms with van der Waals surface area (Å²) in [6.45, 7) is 0. The minimum absolute atomic E-state index is 0.327. The maximum Gasteiger partial charge on any atom is 0.174 e. The molecule has 0 fully saturated rings. The molecular formula is C18H13FN4. The van der Waals surface area contributed by atoms with E-state index in [9.17, 15) is 9.65 Å². The summed E-state index contributed by atoms with van der Waals surface area (Å²) in [6, 6.07) is 17.8. The van der Waals surface area contributed by atoms with Gasteiger partial charge in [-0.2, -0.15) is 5.26 Å². The molecule has 0 atom stereocenters. The molecule has 0 aliphatic rings. The fraction of sp³-hybridized carbons (Fsp3) is 0.0556. The van der Waals surface area contributed by atoms with E-state index in [1.165, 1.54) is 12.1 Å². The Kier molecular flexibility index (Phi) is 3.98. The molecule has 0 bridgehead atoms. The molecule has 0 spiro atoms. The minimum Gasteiger partial charge on any atom is -0.310 e. The SMILES string of the molecule is Cn1c(C(C#N)=Cc2cccc(F)c2)nnc1-c1ccccc1. The van der Waals surface area contributed by atoms with Gasteiger partial charge in [0, 0.05) is 12.6 Å². The molecule has 1 aromatic heterocycles. The van der Waals surface area contributed by atoms with E-state index < -0.39 is 0 Å². The quantitative estimate of drug-likeness (QED) is 0.693. The van der Waals surface area contributed by atoms with Gasteiger partial charge in [0.15, 0.2) is 11.6 Å². The Bertz CT molecular complexity index is 904. The van der Waals surface area contributed by atoms with Crippen LogP contribution in [0, 0.1) is 17.1 Å². The highest BCUT2D eigenvalue weighted by molar-refractivity contribution is 5.87. The van der Waals surface area contributed by atoms with Crippen LogP contribution in [0.2, 0.25) is 0 Å². The normalized spacial score (nSPS) is 11.3. The number of rotatable bonds is 3. The molecule has 3 aromatic rings. The molecule has 2 aromatic carbocycles. The first kappa shape index (κ1) is 14.7. The average Bonchev–Trinajstić information content (AvgIpc) is 2.95. The number of nitrogens with zero attached hydrogens (tertiary/aromatic N) is 4. The second kappa shape index (κ2) is 6.24. The number of nitriles is 1. The lowest BCUT2D eigenvalue weighted by Crippen LogP contribution is -1.98. The first-order chi connectivity index (χ1) is 11.2. The number of allylic oxidation sites excluding steroid dienone is 1. The third kappa shape index (κ3) is 3.01. The van der Waals surface area contributed by atoms with Crippen molar-refractivity contribution in [2.45, 2.75) is 0 Å². The number of halogens is 1. The van der Waals surface area contributed by atoms with Crippen LogP contribution in [0.3, 0.4) is 0 Å². The van der Waals surface area contributed by atoms with Crippen LogP contribution in [0.25, 0.3) is 23.0 Å². The minimum atomic E-state index is -0.348. The van der Waals surface area contributed by atoms with Crippen molar-refractivity contribution in [2.24, 2.45) is 7.05 Å². The molecule has 3 rings (SSSR count). The number of hydrogen-bond donors (Lipinski definition) is 0. The van der Waals surface area contributed by atoms with Crippen LogP contribution >= 0.6 is 0 Å². The van der Waals surface area contributed by atoms with Gasteiger partial charge in [-0.05, 0) is 23.8 Å². The molecule has 23 heavy (non-hydrogen) atoms. The van der Waals surface area contributed by atoms with Gasteiger partial charge in [0.2, 0.25) is 0 Å². The van der Waals surface area contributed by atoms with Crippen molar-refractivity contribution in [3.05, 3.63) is 71.8 Å². The van der Waals surface area contributed by atoms with E-state index >= 15 is 0 Å². The molecule has 0 aliphatic heterocycles. The Hall–Kier alpha value is -3.26. The van der Waals surface area contributed by atoms with Crippen molar-refractivity contribution in [2.75, 3.05) is 0 Å². The molecule has 0 amide bonds. The molecule has 0 radical (unpaired) electrons. The predicted octanol–water partition coefficient (Wildman–Crippen LogP) is 3.69. The molecule has 0 saturated heterocycles. The lowest BCUT2D eigenvalue weighted by molar-refractivity contribution is 0.627. The first-order valence-corrected chi connectivity index (χ1v) is 7.01. The highest BCUT2D eigenvalue weighted by Crippen LogP contribution is 2.22. The molecule has 0 N–H and O–H groups in total. The molecular weight excluding hydrogens is 291 g/mol. The van der Waals surface area contributed by atoms with Gasteiger partial charge < -0.3 is 4.57 Å². The van der Waals surface area contributed by atoms with Gasteiger partial charge in [0.05, 0.1) is 5.57 Å². The molecule has 4 nitrogen and oxygen atoms in total. The predicted molar refractivity (Wildman–Crippen MR) is 86.3 cm³/mol. The topological polar surface area (TPSA) is 54.5 Å². The van der Waals surface area contributed by atoms with Crippen molar-refractivity contribution in [1.29, 1.82) is 5.26 Å². The number of aromatic nitrogens is 3. The van der Waals surface area contributed by atoms with Crippen LogP contribution in [0.1, 0.15) is 11.4 Å².